The molecular formula is C11H22N2. The van der Waals surface area contributed by atoms with E-state index >= 15 is 0 Å². The summed E-state index contributed by atoms with van der Waals surface area (Å²) < 4.78 is 0. The number of allylic oxidation sites excluding steroid dienone is 1. The van der Waals surface area contributed by atoms with Crippen LogP contribution in [0, 0.1) is 5.92 Å². The molecule has 76 valence electrons. The highest BCUT2D eigenvalue weighted by Gasteiger charge is 1.92. The van der Waals surface area contributed by atoms with Gasteiger partial charge in [0.05, 0.1) is 0 Å². The highest BCUT2D eigenvalue weighted by atomic mass is 15.0. The minimum absolute atomic E-state index is 0.666. The van der Waals surface area contributed by atoms with Gasteiger partial charge in [0.1, 0.15) is 0 Å². The molecule has 0 aromatic heterocycles. The number of hydrogen-bond donors (Lipinski definition) is 1. The summed E-state index contributed by atoms with van der Waals surface area (Å²) in [5.74, 6) is 0.666. The van der Waals surface area contributed by atoms with Gasteiger partial charge < -0.3 is 10.2 Å². The van der Waals surface area contributed by atoms with Crippen molar-refractivity contribution in [2.24, 2.45) is 5.92 Å². The summed E-state index contributed by atoms with van der Waals surface area (Å²) in [6.07, 6.45) is 4.14. The van der Waals surface area contributed by atoms with Gasteiger partial charge >= 0.3 is 0 Å². The Bertz CT molecular complexity index is 169. The predicted octanol–water partition coefficient (Wildman–Crippen LogP) is 1.86. The maximum atomic E-state index is 3.91. The quantitative estimate of drug-likeness (QED) is 0.631. The Balaban J connectivity index is 3.56. The van der Waals surface area contributed by atoms with Gasteiger partial charge in [-0.05, 0) is 26.1 Å². The van der Waals surface area contributed by atoms with E-state index in [-0.39, 0.29) is 0 Å². The molecule has 0 aromatic rings. The summed E-state index contributed by atoms with van der Waals surface area (Å²) in [5.41, 5.74) is 0.996. The molecule has 0 heterocycles. The molecule has 13 heavy (non-hydrogen) atoms. The molecule has 0 aromatic carbocycles. The third-order valence-corrected chi connectivity index (χ3v) is 1.53. The minimum atomic E-state index is 0.666. The van der Waals surface area contributed by atoms with E-state index in [1.54, 1.807) is 0 Å². The molecule has 0 radical (unpaired) electrons. The van der Waals surface area contributed by atoms with Gasteiger partial charge in [0, 0.05) is 18.8 Å². The van der Waals surface area contributed by atoms with Crippen LogP contribution in [0.15, 0.2) is 24.4 Å². The fraction of sp³-hybridized carbons (Fsp3) is 0.636. The van der Waals surface area contributed by atoms with E-state index in [1.165, 1.54) is 0 Å². The van der Waals surface area contributed by atoms with Crippen LogP contribution in [0.4, 0.5) is 0 Å². The zero-order valence-electron chi connectivity index (χ0n) is 9.30. The van der Waals surface area contributed by atoms with E-state index in [4.69, 9.17) is 0 Å². The molecule has 0 amide bonds. The Hall–Kier alpha value is -0.760. The van der Waals surface area contributed by atoms with Gasteiger partial charge in [0.15, 0.2) is 0 Å². The topological polar surface area (TPSA) is 15.3 Å². The molecule has 0 aliphatic heterocycles. The van der Waals surface area contributed by atoms with Crippen LogP contribution in [-0.4, -0.2) is 32.1 Å². The van der Waals surface area contributed by atoms with Crippen molar-refractivity contribution in [1.29, 1.82) is 0 Å². The highest BCUT2D eigenvalue weighted by Crippen LogP contribution is 1.92. The van der Waals surface area contributed by atoms with Crippen LogP contribution in [0.25, 0.3) is 0 Å². The summed E-state index contributed by atoms with van der Waals surface area (Å²) in [6.45, 7) is 10.2. The lowest BCUT2D eigenvalue weighted by Crippen LogP contribution is -2.17. The number of nitrogens with one attached hydrogen (secondary N) is 1. The van der Waals surface area contributed by atoms with Gasteiger partial charge in [-0.15, -0.1) is 0 Å². The van der Waals surface area contributed by atoms with Gasteiger partial charge in [-0.2, -0.15) is 0 Å². The largest absolute Gasteiger partial charge is 0.385 e. The van der Waals surface area contributed by atoms with Crippen LogP contribution >= 0.6 is 0 Å². The zero-order chi connectivity index (χ0) is 10.3. The number of hydrogen-bond acceptors (Lipinski definition) is 2. The van der Waals surface area contributed by atoms with Gasteiger partial charge in [-0.1, -0.05) is 26.5 Å². The number of likely N-dealkylation sites (N-methyl/N-ethyl adjacent to an activating group) is 1. The minimum Gasteiger partial charge on any atom is -0.385 e. The Kier molecular flexibility index (Phi) is 6.33. The first-order valence-corrected chi connectivity index (χ1v) is 4.76. The highest BCUT2D eigenvalue weighted by molar-refractivity contribution is 5.12. The first kappa shape index (κ1) is 12.2. The van der Waals surface area contributed by atoms with Gasteiger partial charge in [-0.25, -0.2) is 0 Å². The Morgan fingerprint density at radius 2 is 2.08 bits per heavy atom. The van der Waals surface area contributed by atoms with Crippen molar-refractivity contribution in [3.05, 3.63) is 24.4 Å². The Morgan fingerprint density at radius 3 is 2.54 bits per heavy atom. The van der Waals surface area contributed by atoms with Crippen LogP contribution < -0.4 is 5.32 Å². The molecule has 0 spiro atoms. The molecule has 0 bridgehead atoms. The third kappa shape index (κ3) is 9.15. The van der Waals surface area contributed by atoms with Crippen molar-refractivity contribution in [3.63, 3.8) is 0 Å². The second-order valence-electron chi connectivity index (χ2n) is 3.96. The third-order valence-electron chi connectivity index (χ3n) is 1.53. The molecule has 0 saturated carbocycles. The van der Waals surface area contributed by atoms with Crippen molar-refractivity contribution < 1.29 is 0 Å². The van der Waals surface area contributed by atoms with Crippen LogP contribution in [-0.2, 0) is 0 Å². The predicted molar refractivity (Wildman–Crippen MR) is 59.7 cm³/mol. The van der Waals surface area contributed by atoms with E-state index in [0.717, 1.165) is 18.8 Å². The maximum Gasteiger partial charge on any atom is 0.0264 e. The Morgan fingerprint density at radius 1 is 1.46 bits per heavy atom. The summed E-state index contributed by atoms with van der Waals surface area (Å²) in [5, 5.41) is 3.26. The average molecular weight is 182 g/mol. The monoisotopic (exact) mass is 182 g/mol. The molecule has 0 aliphatic rings. The molecule has 0 aliphatic carbocycles. The van der Waals surface area contributed by atoms with Gasteiger partial charge in [0.25, 0.3) is 0 Å². The molecule has 0 rings (SSSR count). The van der Waals surface area contributed by atoms with E-state index in [1.807, 2.05) is 6.08 Å². The lowest BCUT2D eigenvalue weighted by Gasteiger charge is -2.09. The fourth-order valence-corrected chi connectivity index (χ4v) is 0.800. The van der Waals surface area contributed by atoms with E-state index in [9.17, 15) is 0 Å². The first-order valence-electron chi connectivity index (χ1n) is 4.76. The van der Waals surface area contributed by atoms with Crippen molar-refractivity contribution in [3.8, 4) is 0 Å². The van der Waals surface area contributed by atoms with Crippen LogP contribution in [0.3, 0.4) is 0 Å². The summed E-state index contributed by atoms with van der Waals surface area (Å²) >= 11 is 0. The molecule has 2 heteroatoms. The van der Waals surface area contributed by atoms with E-state index < -0.39 is 0 Å². The number of nitrogens with zero attached hydrogens (tertiary/aromatic N) is 1. The van der Waals surface area contributed by atoms with Gasteiger partial charge in [0.2, 0.25) is 0 Å². The molecular weight excluding hydrogens is 160 g/mol. The van der Waals surface area contributed by atoms with Crippen LogP contribution in [0.1, 0.15) is 13.8 Å². The molecule has 0 atom stereocenters. The molecule has 0 fully saturated rings. The maximum absolute atomic E-state index is 3.91. The van der Waals surface area contributed by atoms with Crippen molar-refractivity contribution >= 4 is 0 Å². The van der Waals surface area contributed by atoms with Crippen LogP contribution in [0.5, 0.6) is 0 Å². The van der Waals surface area contributed by atoms with E-state index in [0.29, 0.717) is 5.92 Å². The molecule has 0 unspecified atom stereocenters. The van der Waals surface area contributed by atoms with E-state index in [2.05, 4.69) is 50.8 Å². The second kappa shape index (κ2) is 6.72. The summed E-state index contributed by atoms with van der Waals surface area (Å²) in [4.78, 5) is 2.12. The molecule has 1 N–H and O–H groups in total. The fourth-order valence-electron chi connectivity index (χ4n) is 0.800. The van der Waals surface area contributed by atoms with Crippen molar-refractivity contribution in [2.75, 3.05) is 27.2 Å². The van der Waals surface area contributed by atoms with Gasteiger partial charge in [-0.3, -0.25) is 0 Å². The van der Waals surface area contributed by atoms with Crippen molar-refractivity contribution in [2.45, 2.75) is 13.8 Å². The zero-order valence-corrected chi connectivity index (χ0v) is 9.30. The first-order chi connectivity index (χ1) is 6.02. The summed E-state index contributed by atoms with van der Waals surface area (Å²) in [7, 11) is 4.10. The molecule has 0 saturated heterocycles. The SMILES string of the molecule is C=C(/C=C/CN(C)C)NCC(C)C. The smallest absolute Gasteiger partial charge is 0.0264 e. The second-order valence-corrected chi connectivity index (χ2v) is 3.96. The number of rotatable bonds is 6. The Labute approximate surface area is 82.3 Å². The van der Waals surface area contributed by atoms with Crippen molar-refractivity contribution in [1.82, 2.24) is 10.2 Å². The van der Waals surface area contributed by atoms with Crippen LogP contribution in [0.2, 0.25) is 0 Å². The lowest BCUT2D eigenvalue weighted by molar-refractivity contribution is 0.456. The normalized spacial score (nSPS) is 11.5. The average Bonchev–Trinajstić information content (AvgIpc) is 2.00. The standard InChI is InChI=1S/C11H22N2/c1-10(2)9-12-11(3)7-6-8-13(4)5/h6-7,10,12H,3,8-9H2,1-2,4-5H3/b7-6+. The lowest BCUT2D eigenvalue weighted by atomic mass is 10.2. The molecule has 2 nitrogen and oxygen atoms in total. The summed E-state index contributed by atoms with van der Waals surface area (Å²) in [6, 6.07) is 0.